The van der Waals surface area contributed by atoms with E-state index in [0.29, 0.717) is 23.0 Å². The molecule has 8 heteroatoms. The SMILES string of the molecule is O=C1CC(CS(=O)(=O)F)CN1CCc1ccc(Cl)cc1Cl. The molecule has 0 bridgehead atoms. The van der Waals surface area contributed by atoms with Crippen molar-refractivity contribution in [1.29, 1.82) is 0 Å². The van der Waals surface area contributed by atoms with E-state index in [0.717, 1.165) is 5.56 Å². The maximum absolute atomic E-state index is 12.6. The lowest BCUT2D eigenvalue weighted by Gasteiger charge is -2.16. The minimum absolute atomic E-state index is 0.0670. The molecule has 0 N–H and O–H groups in total. The van der Waals surface area contributed by atoms with Crippen LogP contribution in [0.15, 0.2) is 18.2 Å². The molecule has 1 amide bonds. The third-order valence-electron chi connectivity index (χ3n) is 3.40. The van der Waals surface area contributed by atoms with Crippen molar-refractivity contribution in [2.45, 2.75) is 12.8 Å². The molecule has 0 aromatic heterocycles. The summed E-state index contributed by atoms with van der Waals surface area (Å²) in [5, 5.41) is 1.06. The number of nitrogens with zero attached hydrogens (tertiary/aromatic N) is 1. The molecule has 1 saturated heterocycles. The van der Waals surface area contributed by atoms with Crippen LogP contribution in [0.4, 0.5) is 3.89 Å². The third-order valence-corrected chi connectivity index (χ3v) is 4.85. The molecule has 1 fully saturated rings. The Labute approximate surface area is 133 Å². The normalized spacial score (nSPS) is 19.3. The van der Waals surface area contributed by atoms with E-state index in [1.54, 1.807) is 23.1 Å². The molecule has 1 atom stereocenters. The number of benzene rings is 1. The number of likely N-dealkylation sites (tertiary alicyclic amines) is 1. The molecule has 116 valence electrons. The van der Waals surface area contributed by atoms with Crippen LogP contribution in [-0.4, -0.2) is 38.1 Å². The molecule has 0 spiro atoms. The quantitative estimate of drug-likeness (QED) is 0.764. The number of halogens is 3. The van der Waals surface area contributed by atoms with Gasteiger partial charge in [-0.15, -0.1) is 3.89 Å². The van der Waals surface area contributed by atoms with Crippen molar-refractivity contribution in [2.24, 2.45) is 5.92 Å². The first kappa shape index (κ1) is 16.5. The Morgan fingerprint density at radius 1 is 1.33 bits per heavy atom. The van der Waals surface area contributed by atoms with Crippen molar-refractivity contribution in [2.75, 3.05) is 18.8 Å². The number of hydrogen-bond donors (Lipinski definition) is 0. The van der Waals surface area contributed by atoms with Crippen LogP contribution >= 0.6 is 23.2 Å². The molecular formula is C13H14Cl2FNO3S. The fraction of sp³-hybridized carbons (Fsp3) is 0.462. The molecule has 1 aliphatic heterocycles. The number of carbonyl (C=O) groups is 1. The summed E-state index contributed by atoms with van der Waals surface area (Å²) < 4.78 is 33.9. The van der Waals surface area contributed by atoms with Gasteiger partial charge in [0.05, 0.1) is 5.75 Å². The Bertz CT molecular complexity index is 651. The summed E-state index contributed by atoms with van der Waals surface area (Å²) in [4.78, 5) is 13.3. The van der Waals surface area contributed by atoms with Gasteiger partial charge in [0, 0.05) is 35.5 Å². The molecule has 4 nitrogen and oxygen atoms in total. The average Bonchev–Trinajstić information content (AvgIpc) is 2.66. The molecular weight excluding hydrogens is 340 g/mol. The zero-order chi connectivity index (χ0) is 15.6. The fourth-order valence-electron chi connectivity index (χ4n) is 2.44. The predicted octanol–water partition coefficient (Wildman–Crippen LogP) is 2.68. The summed E-state index contributed by atoms with van der Waals surface area (Å²) >= 11 is 11.9. The van der Waals surface area contributed by atoms with E-state index < -0.39 is 21.9 Å². The lowest BCUT2D eigenvalue weighted by Crippen LogP contribution is -2.28. The third kappa shape index (κ3) is 4.83. The Morgan fingerprint density at radius 3 is 2.67 bits per heavy atom. The molecule has 0 aliphatic carbocycles. The van der Waals surface area contributed by atoms with E-state index in [1.807, 2.05) is 0 Å². The van der Waals surface area contributed by atoms with Gasteiger partial charge in [-0.2, -0.15) is 8.42 Å². The van der Waals surface area contributed by atoms with Crippen molar-refractivity contribution in [3.05, 3.63) is 33.8 Å². The Hall–Kier alpha value is -0.850. The summed E-state index contributed by atoms with van der Waals surface area (Å²) in [7, 11) is -4.55. The van der Waals surface area contributed by atoms with Crippen LogP contribution in [0.1, 0.15) is 12.0 Å². The second-order valence-corrected chi connectivity index (χ2v) is 7.36. The van der Waals surface area contributed by atoms with Gasteiger partial charge < -0.3 is 4.90 Å². The van der Waals surface area contributed by atoms with Gasteiger partial charge >= 0.3 is 10.2 Å². The highest BCUT2D eigenvalue weighted by Gasteiger charge is 2.32. The monoisotopic (exact) mass is 353 g/mol. The minimum Gasteiger partial charge on any atom is -0.342 e. The van der Waals surface area contributed by atoms with Crippen LogP contribution in [0.5, 0.6) is 0 Å². The average molecular weight is 354 g/mol. The largest absolute Gasteiger partial charge is 0.342 e. The van der Waals surface area contributed by atoms with Crippen molar-refractivity contribution >= 4 is 39.3 Å². The van der Waals surface area contributed by atoms with Crippen molar-refractivity contribution in [3.8, 4) is 0 Å². The van der Waals surface area contributed by atoms with E-state index in [-0.39, 0.29) is 18.9 Å². The van der Waals surface area contributed by atoms with Crippen molar-refractivity contribution < 1.29 is 17.1 Å². The highest BCUT2D eigenvalue weighted by molar-refractivity contribution is 7.86. The lowest BCUT2D eigenvalue weighted by atomic mass is 10.1. The highest BCUT2D eigenvalue weighted by Crippen LogP contribution is 2.24. The van der Waals surface area contributed by atoms with Gasteiger partial charge in [0.25, 0.3) is 0 Å². The van der Waals surface area contributed by atoms with Gasteiger partial charge in [-0.1, -0.05) is 29.3 Å². The molecule has 1 aromatic rings. The first-order valence-electron chi connectivity index (χ1n) is 6.38. The van der Waals surface area contributed by atoms with E-state index in [1.165, 1.54) is 0 Å². The minimum atomic E-state index is -4.55. The zero-order valence-electron chi connectivity index (χ0n) is 11.1. The Balaban J connectivity index is 1.93. The lowest BCUT2D eigenvalue weighted by molar-refractivity contribution is -0.127. The van der Waals surface area contributed by atoms with Gasteiger partial charge in [-0.25, -0.2) is 0 Å². The highest BCUT2D eigenvalue weighted by atomic mass is 35.5. The number of carbonyl (C=O) groups excluding carboxylic acids is 1. The van der Waals surface area contributed by atoms with E-state index in [2.05, 4.69) is 0 Å². The van der Waals surface area contributed by atoms with Crippen LogP contribution < -0.4 is 0 Å². The Morgan fingerprint density at radius 2 is 2.05 bits per heavy atom. The summed E-state index contributed by atoms with van der Waals surface area (Å²) in [6.45, 7) is 0.677. The number of hydrogen-bond acceptors (Lipinski definition) is 3. The topological polar surface area (TPSA) is 54.5 Å². The van der Waals surface area contributed by atoms with Gasteiger partial charge in [0.15, 0.2) is 0 Å². The molecule has 1 heterocycles. The van der Waals surface area contributed by atoms with Crippen LogP contribution in [-0.2, 0) is 21.4 Å². The molecule has 0 saturated carbocycles. The number of amides is 1. The second-order valence-electron chi connectivity index (χ2n) is 5.10. The summed E-state index contributed by atoms with van der Waals surface area (Å²) in [5.74, 6) is -1.24. The van der Waals surface area contributed by atoms with Crippen LogP contribution in [0.2, 0.25) is 10.0 Å². The van der Waals surface area contributed by atoms with Crippen molar-refractivity contribution in [1.82, 2.24) is 4.90 Å². The van der Waals surface area contributed by atoms with E-state index in [4.69, 9.17) is 23.2 Å². The van der Waals surface area contributed by atoms with Crippen LogP contribution in [0.3, 0.4) is 0 Å². The first-order chi connectivity index (χ1) is 9.74. The standard InChI is InChI=1S/C13H14Cl2FNO3S/c14-11-2-1-10(12(15)6-11)3-4-17-7-9(5-13(17)18)8-21(16,19)20/h1-2,6,9H,3-5,7-8H2. The second kappa shape index (κ2) is 6.50. The number of rotatable bonds is 5. The summed E-state index contributed by atoms with van der Waals surface area (Å²) in [5.41, 5.74) is 0.857. The van der Waals surface area contributed by atoms with Gasteiger partial charge in [-0.3, -0.25) is 4.79 Å². The van der Waals surface area contributed by atoms with Gasteiger partial charge in [0.1, 0.15) is 0 Å². The Kier molecular flexibility index (Phi) is 5.11. The zero-order valence-corrected chi connectivity index (χ0v) is 13.4. The molecule has 21 heavy (non-hydrogen) atoms. The first-order valence-corrected chi connectivity index (χ1v) is 8.69. The predicted molar refractivity (Wildman–Crippen MR) is 79.7 cm³/mol. The van der Waals surface area contributed by atoms with Gasteiger partial charge in [0.2, 0.25) is 5.91 Å². The van der Waals surface area contributed by atoms with Crippen LogP contribution in [0, 0.1) is 5.92 Å². The van der Waals surface area contributed by atoms with E-state index >= 15 is 0 Å². The molecule has 0 radical (unpaired) electrons. The molecule has 1 aromatic carbocycles. The van der Waals surface area contributed by atoms with Crippen LogP contribution in [0.25, 0.3) is 0 Å². The van der Waals surface area contributed by atoms with Gasteiger partial charge in [-0.05, 0) is 24.1 Å². The summed E-state index contributed by atoms with van der Waals surface area (Å²) in [6.07, 6.45) is 0.605. The van der Waals surface area contributed by atoms with E-state index in [9.17, 15) is 17.1 Å². The summed E-state index contributed by atoms with van der Waals surface area (Å²) in [6, 6.07) is 5.13. The van der Waals surface area contributed by atoms with Crippen molar-refractivity contribution in [3.63, 3.8) is 0 Å². The maximum Gasteiger partial charge on any atom is 0.302 e. The molecule has 2 rings (SSSR count). The molecule has 1 aliphatic rings. The smallest absolute Gasteiger partial charge is 0.302 e. The fourth-order valence-corrected chi connectivity index (χ4v) is 3.73. The molecule has 1 unspecified atom stereocenters. The maximum atomic E-state index is 12.6.